The molecule has 1 aromatic carbocycles. The fourth-order valence-corrected chi connectivity index (χ4v) is 1.76. The van der Waals surface area contributed by atoms with Gasteiger partial charge in [-0.15, -0.1) is 0 Å². The number of hydrogen-bond acceptors (Lipinski definition) is 3. The van der Waals surface area contributed by atoms with Crippen LogP contribution in [0.25, 0.3) is 0 Å². The number of hydrogen-bond donors (Lipinski definition) is 1. The van der Waals surface area contributed by atoms with E-state index in [1.807, 2.05) is 6.07 Å². The lowest BCUT2D eigenvalue weighted by Crippen LogP contribution is -2.22. The van der Waals surface area contributed by atoms with Gasteiger partial charge in [0.05, 0.1) is 7.11 Å². The average molecular weight is 270 g/mol. The predicted octanol–water partition coefficient (Wildman–Crippen LogP) is 3.41. The third-order valence-corrected chi connectivity index (χ3v) is 2.58. The second kappa shape index (κ2) is 7.29. The number of methoxy groups -OCH3 is 1. The van der Waals surface area contributed by atoms with Gasteiger partial charge in [-0.3, -0.25) is 0 Å². The number of halogens is 1. The smallest absolute Gasteiger partial charge is 0.166 e. The van der Waals surface area contributed by atoms with Gasteiger partial charge in [-0.05, 0) is 6.07 Å². The van der Waals surface area contributed by atoms with E-state index in [0.29, 0.717) is 30.0 Å². The fraction of sp³-hybridized carbons (Fsp3) is 0.429. The summed E-state index contributed by atoms with van der Waals surface area (Å²) in [5.74, 6) is 1.36. The van der Waals surface area contributed by atoms with Gasteiger partial charge >= 0.3 is 0 Å². The quantitative estimate of drug-likeness (QED) is 0.770. The van der Waals surface area contributed by atoms with Gasteiger partial charge in [0.2, 0.25) is 0 Å². The first-order valence-corrected chi connectivity index (χ1v) is 6.29. The molecule has 0 aliphatic rings. The normalized spacial score (nSPS) is 10.5. The van der Waals surface area contributed by atoms with Crippen LogP contribution in [0.3, 0.4) is 0 Å². The number of ether oxygens (including phenoxy) is 2. The molecule has 0 spiro atoms. The molecule has 0 aliphatic heterocycles. The van der Waals surface area contributed by atoms with E-state index in [1.165, 1.54) is 0 Å². The zero-order valence-electron chi connectivity index (χ0n) is 11.1. The maximum absolute atomic E-state index is 6.07. The van der Waals surface area contributed by atoms with Gasteiger partial charge in [0.15, 0.2) is 11.5 Å². The van der Waals surface area contributed by atoms with Crippen LogP contribution in [0.2, 0.25) is 5.02 Å². The topological polar surface area (TPSA) is 30.5 Å². The van der Waals surface area contributed by atoms with Crippen LogP contribution in [0.1, 0.15) is 19.4 Å². The predicted molar refractivity (Wildman–Crippen MR) is 75.7 cm³/mol. The maximum atomic E-state index is 6.07. The van der Waals surface area contributed by atoms with Gasteiger partial charge in [0, 0.05) is 29.2 Å². The Labute approximate surface area is 114 Å². The molecular weight excluding hydrogens is 250 g/mol. The first-order chi connectivity index (χ1) is 8.58. The third-order valence-electron chi connectivity index (χ3n) is 2.36. The van der Waals surface area contributed by atoms with Crippen molar-refractivity contribution < 1.29 is 9.47 Å². The van der Waals surface area contributed by atoms with Crippen LogP contribution >= 0.6 is 11.6 Å². The molecule has 0 bridgehead atoms. The molecule has 0 aromatic heterocycles. The Hall–Kier alpha value is -1.19. The summed E-state index contributed by atoms with van der Waals surface area (Å²) in [5, 5.41) is 3.97. The van der Waals surface area contributed by atoms with Crippen LogP contribution < -0.4 is 14.8 Å². The molecule has 100 valence electrons. The molecule has 0 saturated heterocycles. The largest absolute Gasteiger partial charge is 0.493 e. The molecule has 0 amide bonds. The standard InChI is InChI=1S/C14H20ClNO2/c1-5-6-18-14-11(9-16-10(2)3)7-12(15)8-13(14)17-4/h5,7-8,10,16H,1,6,9H2,2-4H3. The Kier molecular flexibility index (Phi) is 6.02. The summed E-state index contributed by atoms with van der Waals surface area (Å²) >= 11 is 6.07. The van der Waals surface area contributed by atoms with Gasteiger partial charge in [0.1, 0.15) is 6.61 Å². The molecule has 18 heavy (non-hydrogen) atoms. The number of benzene rings is 1. The van der Waals surface area contributed by atoms with Crippen LogP contribution in [0.15, 0.2) is 24.8 Å². The SMILES string of the molecule is C=CCOc1c(CNC(C)C)cc(Cl)cc1OC. The van der Waals surface area contributed by atoms with Crippen LogP contribution in [-0.2, 0) is 6.54 Å². The highest BCUT2D eigenvalue weighted by molar-refractivity contribution is 6.30. The summed E-state index contributed by atoms with van der Waals surface area (Å²) in [6, 6.07) is 4.03. The molecule has 1 rings (SSSR count). The van der Waals surface area contributed by atoms with Crippen LogP contribution in [0.5, 0.6) is 11.5 Å². The second-order valence-electron chi connectivity index (χ2n) is 4.23. The zero-order valence-corrected chi connectivity index (χ0v) is 11.9. The van der Waals surface area contributed by atoms with Crippen LogP contribution in [-0.4, -0.2) is 19.8 Å². The lowest BCUT2D eigenvalue weighted by Gasteiger charge is -2.16. The first kappa shape index (κ1) is 14.9. The van der Waals surface area contributed by atoms with Crippen molar-refractivity contribution in [2.24, 2.45) is 0 Å². The maximum Gasteiger partial charge on any atom is 0.166 e. The molecule has 0 saturated carbocycles. The summed E-state index contributed by atoms with van der Waals surface area (Å²) in [7, 11) is 1.60. The van der Waals surface area contributed by atoms with Crippen LogP contribution in [0.4, 0.5) is 0 Å². The molecular formula is C14H20ClNO2. The summed E-state index contributed by atoms with van der Waals surface area (Å²) in [6.45, 7) is 8.94. The van der Waals surface area contributed by atoms with Crippen molar-refractivity contribution in [1.29, 1.82) is 0 Å². The molecule has 4 heteroatoms. The summed E-state index contributed by atoms with van der Waals surface area (Å²) in [6.07, 6.45) is 1.70. The lowest BCUT2D eigenvalue weighted by molar-refractivity contribution is 0.322. The van der Waals surface area contributed by atoms with Gasteiger partial charge in [-0.25, -0.2) is 0 Å². The van der Waals surface area contributed by atoms with Gasteiger partial charge in [0.25, 0.3) is 0 Å². The van der Waals surface area contributed by atoms with Crippen molar-refractivity contribution in [2.45, 2.75) is 26.4 Å². The second-order valence-corrected chi connectivity index (χ2v) is 4.67. The Morgan fingerprint density at radius 2 is 2.17 bits per heavy atom. The van der Waals surface area contributed by atoms with Crippen molar-refractivity contribution in [3.63, 3.8) is 0 Å². The Morgan fingerprint density at radius 3 is 2.72 bits per heavy atom. The molecule has 0 aliphatic carbocycles. The van der Waals surface area contributed by atoms with E-state index in [9.17, 15) is 0 Å². The van der Waals surface area contributed by atoms with Crippen molar-refractivity contribution in [3.05, 3.63) is 35.4 Å². The Morgan fingerprint density at radius 1 is 1.44 bits per heavy atom. The van der Waals surface area contributed by atoms with Crippen molar-refractivity contribution >= 4 is 11.6 Å². The lowest BCUT2D eigenvalue weighted by atomic mass is 10.1. The zero-order chi connectivity index (χ0) is 13.5. The molecule has 0 radical (unpaired) electrons. The minimum Gasteiger partial charge on any atom is -0.493 e. The third kappa shape index (κ3) is 4.24. The summed E-state index contributed by atoms with van der Waals surface area (Å²) in [4.78, 5) is 0. The average Bonchev–Trinajstić information content (AvgIpc) is 2.34. The van der Waals surface area contributed by atoms with Gasteiger partial charge < -0.3 is 14.8 Å². The first-order valence-electron chi connectivity index (χ1n) is 5.92. The highest BCUT2D eigenvalue weighted by atomic mass is 35.5. The van der Waals surface area contributed by atoms with Crippen molar-refractivity contribution in [1.82, 2.24) is 5.32 Å². The number of nitrogens with one attached hydrogen (secondary N) is 1. The molecule has 3 nitrogen and oxygen atoms in total. The van der Waals surface area contributed by atoms with Gasteiger partial charge in [-0.2, -0.15) is 0 Å². The minimum absolute atomic E-state index is 0.391. The monoisotopic (exact) mass is 269 g/mol. The molecule has 1 N–H and O–H groups in total. The van der Waals surface area contributed by atoms with E-state index in [4.69, 9.17) is 21.1 Å². The van der Waals surface area contributed by atoms with E-state index in [2.05, 4.69) is 25.7 Å². The highest BCUT2D eigenvalue weighted by Gasteiger charge is 2.12. The summed E-state index contributed by atoms with van der Waals surface area (Å²) in [5.41, 5.74) is 0.981. The molecule has 0 fully saturated rings. The van der Waals surface area contributed by atoms with Gasteiger partial charge in [-0.1, -0.05) is 38.1 Å². The van der Waals surface area contributed by atoms with Crippen LogP contribution in [0, 0.1) is 0 Å². The van der Waals surface area contributed by atoms with E-state index in [-0.39, 0.29) is 0 Å². The van der Waals surface area contributed by atoms with E-state index in [1.54, 1.807) is 19.3 Å². The highest BCUT2D eigenvalue weighted by Crippen LogP contribution is 2.34. The van der Waals surface area contributed by atoms with E-state index in [0.717, 1.165) is 11.3 Å². The van der Waals surface area contributed by atoms with E-state index >= 15 is 0 Å². The Balaban J connectivity index is 3.02. The molecule has 1 aromatic rings. The van der Waals surface area contributed by atoms with E-state index < -0.39 is 0 Å². The molecule has 0 heterocycles. The minimum atomic E-state index is 0.391. The summed E-state index contributed by atoms with van der Waals surface area (Å²) < 4.78 is 11.0. The van der Waals surface area contributed by atoms with Crippen molar-refractivity contribution in [3.8, 4) is 11.5 Å². The molecule has 0 unspecified atom stereocenters. The Bertz CT molecular complexity index is 405. The number of rotatable bonds is 7. The fourth-order valence-electron chi connectivity index (χ4n) is 1.53. The molecule has 0 atom stereocenters. The van der Waals surface area contributed by atoms with Crippen molar-refractivity contribution in [2.75, 3.05) is 13.7 Å².